The third-order valence-electron chi connectivity index (χ3n) is 5.03. The first kappa shape index (κ1) is 19.5. The first-order valence-electron chi connectivity index (χ1n) is 9.54. The van der Waals surface area contributed by atoms with Crippen LogP contribution in [0.2, 0.25) is 0 Å². The van der Waals surface area contributed by atoms with Crippen molar-refractivity contribution in [2.75, 3.05) is 6.61 Å². The number of rotatable bonds is 10. The maximum Gasteiger partial charge on any atom is 0.296 e. The highest BCUT2D eigenvalue weighted by atomic mass is 32.2. The molecule has 1 aromatic rings. The molecule has 0 atom stereocenters. The van der Waals surface area contributed by atoms with E-state index in [4.69, 9.17) is 4.18 Å². The van der Waals surface area contributed by atoms with Gasteiger partial charge in [0.15, 0.2) is 0 Å². The zero-order valence-corrected chi connectivity index (χ0v) is 15.8. The third kappa shape index (κ3) is 6.94. The van der Waals surface area contributed by atoms with E-state index in [9.17, 15) is 8.42 Å². The Balaban J connectivity index is 1.52. The van der Waals surface area contributed by atoms with Gasteiger partial charge in [-0.3, -0.25) is 4.18 Å². The number of hydrogen-bond acceptors (Lipinski definition) is 3. The lowest BCUT2D eigenvalue weighted by Gasteiger charge is -2.21. The van der Waals surface area contributed by atoms with Crippen LogP contribution < -0.4 is 0 Å². The zero-order valence-electron chi connectivity index (χ0n) is 15.0. The Kier molecular flexibility index (Phi) is 8.26. The van der Waals surface area contributed by atoms with Gasteiger partial charge in [0.05, 0.1) is 11.5 Å². The predicted octanol–water partition coefficient (Wildman–Crippen LogP) is 5.62. The van der Waals surface area contributed by atoms with E-state index < -0.39 is 10.1 Å². The number of hydrogen-bond donors (Lipinski definition) is 0. The summed E-state index contributed by atoms with van der Waals surface area (Å²) in [6.07, 6.45) is 14.2. The molecular formula is C20H32O3S. The molecule has 0 bridgehead atoms. The van der Waals surface area contributed by atoms with Crippen molar-refractivity contribution < 1.29 is 12.6 Å². The van der Waals surface area contributed by atoms with Crippen LogP contribution in [0.1, 0.15) is 76.2 Å². The monoisotopic (exact) mass is 352 g/mol. The van der Waals surface area contributed by atoms with Gasteiger partial charge < -0.3 is 0 Å². The summed E-state index contributed by atoms with van der Waals surface area (Å²) >= 11 is 0. The van der Waals surface area contributed by atoms with Crippen LogP contribution in [0, 0.1) is 12.8 Å². The predicted molar refractivity (Wildman–Crippen MR) is 98.6 cm³/mol. The quantitative estimate of drug-likeness (QED) is 0.405. The molecule has 0 spiro atoms. The van der Waals surface area contributed by atoms with Crippen LogP contribution in [-0.4, -0.2) is 15.0 Å². The SMILES string of the molecule is Cc1ccc(S(=O)(=O)OCCCCCCCC2CCCCC2)cc1. The molecule has 0 heterocycles. The molecule has 136 valence electrons. The Morgan fingerprint density at radius 3 is 2.25 bits per heavy atom. The van der Waals surface area contributed by atoms with E-state index in [2.05, 4.69) is 0 Å². The van der Waals surface area contributed by atoms with E-state index in [0.717, 1.165) is 24.3 Å². The Hall–Kier alpha value is -0.870. The van der Waals surface area contributed by atoms with E-state index in [1.807, 2.05) is 6.92 Å². The van der Waals surface area contributed by atoms with Crippen molar-refractivity contribution in [3.05, 3.63) is 29.8 Å². The van der Waals surface area contributed by atoms with Gasteiger partial charge in [0.25, 0.3) is 10.1 Å². The zero-order chi connectivity index (χ0) is 17.3. The van der Waals surface area contributed by atoms with Gasteiger partial charge in [0.2, 0.25) is 0 Å². The minimum Gasteiger partial charge on any atom is -0.266 e. The van der Waals surface area contributed by atoms with Crippen molar-refractivity contribution in [1.29, 1.82) is 0 Å². The standard InChI is InChI=1S/C20H32O3S/c1-18-13-15-20(16-14-18)24(21,22)23-17-9-4-2-3-6-10-19-11-7-5-8-12-19/h13-16,19H,2-12,17H2,1H3. The molecule has 0 aromatic heterocycles. The second kappa shape index (κ2) is 10.2. The number of benzene rings is 1. The molecular weight excluding hydrogens is 320 g/mol. The lowest BCUT2D eigenvalue weighted by atomic mass is 9.85. The molecule has 0 amide bonds. The lowest BCUT2D eigenvalue weighted by molar-refractivity contribution is 0.303. The van der Waals surface area contributed by atoms with Crippen LogP contribution in [0.3, 0.4) is 0 Å². The molecule has 3 nitrogen and oxygen atoms in total. The molecule has 1 saturated carbocycles. The highest BCUT2D eigenvalue weighted by Crippen LogP contribution is 2.28. The topological polar surface area (TPSA) is 43.4 Å². The van der Waals surface area contributed by atoms with Gasteiger partial charge in [-0.2, -0.15) is 8.42 Å². The summed E-state index contributed by atoms with van der Waals surface area (Å²) in [6, 6.07) is 6.80. The smallest absolute Gasteiger partial charge is 0.266 e. The maximum absolute atomic E-state index is 12.0. The van der Waals surface area contributed by atoms with Gasteiger partial charge in [-0.1, -0.05) is 81.9 Å². The summed E-state index contributed by atoms with van der Waals surface area (Å²) in [4.78, 5) is 0.251. The first-order valence-corrected chi connectivity index (χ1v) is 10.9. The molecule has 1 aliphatic rings. The molecule has 0 unspecified atom stereocenters. The van der Waals surface area contributed by atoms with Crippen LogP contribution in [0.4, 0.5) is 0 Å². The van der Waals surface area contributed by atoms with Crippen molar-refractivity contribution in [1.82, 2.24) is 0 Å². The van der Waals surface area contributed by atoms with Gasteiger partial charge in [-0.05, 0) is 31.4 Å². The summed E-state index contributed by atoms with van der Waals surface area (Å²) in [7, 11) is -3.59. The van der Waals surface area contributed by atoms with Crippen LogP contribution in [-0.2, 0) is 14.3 Å². The van der Waals surface area contributed by atoms with Gasteiger partial charge in [0, 0.05) is 0 Å². The molecule has 2 rings (SSSR count). The molecule has 0 N–H and O–H groups in total. The molecule has 0 aliphatic heterocycles. The molecule has 1 aromatic carbocycles. The Morgan fingerprint density at radius 2 is 1.54 bits per heavy atom. The highest BCUT2D eigenvalue weighted by molar-refractivity contribution is 7.86. The van der Waals surface area contributed by atoms with Crippen molar-refractivity contribution in [3.63, 3.8) is 0 Å². The van der Waals surface area contributed by atoms with Crippen LogP contribution in [0.25, 0.3) is 0 Å². The fraction of sp³-hybridized carbons (Fsp3) is 0.700. The van der Waals surface area contributed by atoms with E-state index in [1.165, 1.54) is 57.8 Å². The largest absolute Gasteiger partial charge is 0.296 e. The van der Waals surface area contributed by atoms with Gasteiger partial charge in [0.1, 0.15) is 0 Å². The van der Waals surface area contributed by atoms with E-state index >= 15 is 0 Å². The van der Waals surface area contributed by atoms with E-state index in [1.54, 1.807) is 24.3 Å². The van der Waals surface area contributed by atoms with Gasteiger partial charge in [-0.25, -0.2) is 0 Å². The Morgan fingerprint density at radius 1 is 0.917 bits per heavy atom. The van der Waals surface area contributed by atoms with Crippen molar-refractivity contribution in [2.45, 2.75) is 82.4 Å². The fourth-order valence-corrected chi connectivity index (χ4v) is 4.43. The van der Waals surface area contributed by atoms with Gasteiger partial charge in [-0.15, -0.1) is 0 Å². The molecule has 1 fully saturated rings. The summed E-state index contributed by atoms with van der Waals surface area (Å²) in [5.41, 5.74) is 1.04. The second-order valence-electron chi connectivity index (χ2n) is 7.15. The third-order valence-corrected chi connectivity index (χ3v) is 6.36. The average molecular weight is 353 g/mol. The summed E-state index contributed by atoms with van der Waals surface area (Å²) < 4.78 is 29.2. The fourth-order valence-electron chi connectivity index (χ4n) is 3.48. The minimum atomic E-state index is -3.59. The maximum atomic E-state index is 12.0. The Bertz CT molecular complexity index is 557. The first-order chi connectivity index (χ1) is 11.6. The molecule has 0 saturated heterocycles. The van der Waals surface area contributed by atoms with Crippen molar-refractivity contribution >= 4 is 10.1 Å². The minimum absolute atomic E-state index is 0.251. The summed E-state index contributed by atoms with van der Waals surface area (Å²) in [5, 5.41) is 0. The normalized spacial score (nSPS) is 16.4. The number of unbranched alkanes of at least 4 members (excludes halogenated alkanes) is 4. The highest BCUT2D eigenvalue weighted by Gasteiger charge is 2.14. The summed E-state index contributed by atoms with van der Waals surface area (Å²) in [5.74, 6) is 0.974. The van der Waals surface area contributed by atoms with E-state index in [-0.39, 0.29) is 4.90 Å². The van der Waals surface area contributed by atoms with Crippen LogP contribution >= 0.6 is 0 Å². The van der Waals surface area contributed by atoms with Crippen molar-refractivity contribution in [2.24, 2.45) is 5.92 Å². The molecule has 0 radical (unpaired) electrons. The second-order valence-corrected chi connectivity index (χ2v) is 8.76. The molecule has 1 aliphatic carbocycles. The average Bonchev–Trinajstić information content (AvgIpc) is 2.58. The van der Waals surface area contributed by atoms with E-state index in [0.29, 0.717) is 6.61 Å². The Labute approximate surface area is 147 Å². The molecule has 24 heavy (non-hydrogen) atoms. The van der Waals surface area contributed by atoms with Gasteiger partial charge >= 0.3 is 0 Å². The summed E-state index contributed by atoms with van der Waals surface area (Å²) in [6.45, 7) is 2.23. The number of aryl methyl sites for hydroxylation is 1. The van der Waals surface area contributed by atoms with Crippen LogP contribution in [0.5, 0.6) is 0 Å². The van der Waals surface area contributed by atoms with Crippen LogP contribution in [0.15, 0.2) is 29.2 Å². The lowest BCUT2D eigenvalue weighted by Crippen LogP contribution is -2.07. The molecule has 4 heteroatoms. The van der Waals surface area contributed by atoms with Crippen molar-refractivity contribution in [3.8, 4) is 0 Å².